The lowest BCUT2D eigenvalue weighted by Gasteiger charge is -2.32. The second-order valence-electron chi connectivity index (χ2n) is 8.33. The molecule has 0 fully saturated rings. The molecule has 0 spiro atoms. The number of fused-ring (bicyclic) bond motifs is 1. The van der Waals surface area contributed by atoms with Crippen molar-refractivity contribution in [1.82, 2.24) is 0 Å². The Morgan fingerprint density at radius 1 is 1.12 bits per heavy atom. The minimum absolute atomic E-state index is 0.0464. The molecule has 2 aromatic carbocycles. The van der Waals surface area contributed by atoms with Crippen LogP contribution in [0.2, 0.25) is 0 Å². The van der Waals surface area contributed by atoms with Crippen molar-refractivity contribution in [3.63, 3.8) is 0 Å². The zero-order valence-electron chi connectivity index (χ0n) is 18.4. The van der Waals surface area contributed by atoms with Crippen molar-refractivity contribution < 1.29 is 28.2 Å². The number of rotatable bonds is 5. The highest BCUT2D eigenvalue weighted by Gasteiger charge is 2.31. The molecule has 1 heterocycles. The third-order valence-electron chi connectivity index (χ3n) is 4.53. The molecule has 0 saturated carbocycles. The number of nitrogens with one attached hydrogen (secondary N) is 2. The van der Waals surface area contributed by atoms with E-state index in [0.29, 0.717) is 11.4 Å². The fourth-order valence-corrected chi connectivity index (χ4v) is 3.16. The maximum absolute atomic E-state index is 13.8. The minimum Gasteiger partial charge on any atom is -0.479 e. The predicted molar refractivity (Wildman–Crippen MR) is 118 cm³/mol. The van der Waals surface area contributed by atoms with Gasteiger partial charge in [-0.25, -0.2) is 9.18 Å². The Labute approximate surface area is 185 Å². The van der Waals surface area contributed by atoms with E-state index in [4.69, 9.17) is 9.47 Å². The van der Waals surface area contributed by atoms with Crippen LogP contribution in [0.15, 0.2) is 42.5 Å². The normalized spacial score (nSPS) is 15.5. The minimum atomic E-state index is -0.732. The van der Waals surface area contributed by atoms with Gasteiger partial charge in [0.15, 0.2) is 6.10 Å². The maximum atomic E-state index is 13.8. The molecule has 1 aliphatic heterocycles. The predicted octanol–water partition coefficient (Wildman–Crippen LogP) is 4.32. The average molecular weight is 443 g/mol. The van der Waals surface area contributed by atoms with Gasteiger partial charge in [-0.2, -0.15) is 0 Å². The summed E-state index contributed by atoms with van der Waals surface area (Å²) in [5, 5.41) is 5.10. The van der Waals surface area contributed by atoms with Gasteiger partial charge in [-0.15, -0.1) is 0 Å². The smallest absolute Gasteiger partial charge is 0.412 e. The molecule has 1 atom stereocenters. The van der Waals surface area contributed by atoms with E-state index in [0.717, 1.165) is 12.1 Å². The van der Waals surface area contributed by atoms with Gasteiger partial charge in [-0.3, -0.25) is 14.9 Å². The topological polar surface area (TPSA) is 97.0 Å². The summed E-state index contributed by atoms with van der Waals surface area (Å²) in [5.74, 6) is -0.725. The number of anilines is 3. The van der Waals surface area contributed by atoms with E-state index >= 15 is 0 Å². The van der Waals surface area contributed by atoms with E-state index in [1.54, 1.807) is 52.0 Å². The molecule has 0 radical (unpaired) electrons. The third-order valence-corrected chi connectivity index (χ3v) is 4.53. The molecule has 0 bridgehead atoms. The number of carbonyl (C=O) groups is 3. The Hall–Kier alpha value is -3.62. The number of hydrogen-bond acceptors (Lipinski definition) is 5. The first-order valence-electron chi connectivity index (χ1n) is 10.2. The second-order valence-corrected chi connectivity index (χ2v) is 8.33. The number of ether oxygens (including phenoxy) is 2. The highest BCUT2D eigenvalue weighted by atomic mass is 19.1. The molecule has 8 nitrogen and oxygen atoms in total. The summed E-state index contributed by atoms with van der Waals surface area (Å²) < 4.78 is 24.6. The van der Waals surface area contributed by atoms with Crippen LogP contribution in [0.4, 0.5) is 26.2 Å². The number of hydrogen-bond donors (Lipinski definition) is 2. The van der Waals surface area contributed by atoms with Crippen molar-refractivity contribution in [2.45, 2.75) is 45.8 Å². The molecule has 170 valence electrons. The molecule has 0 aromatic heterocycles. The number of amides is 3. The zero-order chi connectivity index (χ0) is 23.5. The number of benzene rings is 2. The Morgan fingerprint density at radius 3 is 2.56 bits per heavy atom. The van der Waals surface area contributed by atoms with Gasteiger partial charge in [0.05, 0.1) is 17.1 Å². The quantitative estimate of drug-likeness (QED) is 0.718. The summed E-state index contributed by atoms with van der Waals surface area (Å²) in [5.41, 5.74) is 0.144. The van der Waals surface area contributed by atoms with E-state index in [9.17, 15) is 18.8 Å². The summed E-state index contributed by atoms with van der Waals surface area (Å²) in [7, 11) is 0. The number of nitrogens with zero attached hydrogens (tertiary/aromatic N) is 1. The summed E-state index contributed by atoms with van der Waals surface area (Å²) >= 11 is 0. The van der Waals surface area contributed by atoms with Crippen molar-refractivity contribution >= 4 is 35.0 Å². The van der Waals surface area contributed by atoms with Gasteiger partial charge >= 0.3 is 6.09 Å². The first-order valence-corrected chi connectivity index (χ1v) is 10.2. The van der Waals surface area contributed by atoms with Crippen molar-refractivity contribution in [3.05, 3.63) is 48.3 Å². The van der Waals surface area contributed by atoms with Gasteiger partial charge in [0, 0.05) is 13.0 Å². The second kappa shape index (κ2) is 9.25. The van der Waals surface area contributed by atoms with Crippen molar-refractivity contribution in [2.24, 2.45) is 0 Å². The number of carbonyl (C=O) groups excluding carboxylic acids is 3. The standard InChI is InChI=1S/C23H26FN3O5/c1-14-21(29)27(18-7-5-6-8-19(18)31-14)12-11-20(28)25-17-13-15(24)9-10-16(17)26-22(30)32-23(2,3)4/h5-10,13-14H,11-12H2,1-4H3,(H,25,28)(H,26,30). The van der Waals surface area contributed by atoms with Crippen LogP contribution < -0.4 is 20.3 Å². The van der Waals surface area contributed by atoms with Crippen molar-refractivity contribution in [2.75, 3.05) is 22.1 Å². The van der Waals surface area contributed by atoms with Crippen LogP contribution >= 0.6 is 0 Å². The molecule has 3 amide bonds. The van der Waals surface area contributed by atoms with Gasteiger partial charge in [-0.1, -0.05) is 12.1 Å². The van der Waals surface area contributed by atoms with Crippen molar-refractivity contribution in [3.8, 4) is 5.75 Å². The molecule has 1 aliphatic rings. The van der Waals surface area contributed by atoms with E-state index < -0.39 is 29.5 Å². The van der Waals surface area contributed by atoms with Crippen LogP contribution in [0.3, 0.4) is 0 Å². The third kappa shape index (κ3) is 5.75. The maximum Gasteiger partial charge on any atom is 0.412 e. The van der Waals surface area contributed by atoms with E-state index in [1.165, 1.54) is 11.0 Å². The number of halogens is 1. The largest absolute Gasteiger partial charge is 0.479 e. The summed E-state index contributed by atoms with van der Waals surface area (Å²) in [6.45, 7) is 6.90. The lowest BCUT2D eigenvalue weighted by atomic mass is 10.1. The highest BCUT2D eigenvalue weighted by molar-refractivity contribution is 6.01. The molecule has 3 rings (SSSR count). The molecule has 0 aliphatic carbocycles. The Bertz CT molecular complexity index is 1030. The molecule has 0 saturated heterocycles. The first-order chi connectivity index (χ1) is 15.0. The Balaban J connectivity index is 1.68. The number of para-hydroxylation sites is 2. The molecule has 32 heavy (non-hydrogen) atoms. The molecule has 2 N–H and O–H groups in total. The van der Waals surface area contributed by atoms with Gasteiger partial charge in [0.1, 0.15) is 17.2 Å². The summed E-state index contributed by atoms with van der Waals surface area (Å²) in [6.07, 6.45) is -1.44. The van der Waals surface area contributed by atoms with Crippen LogP contribution in [0.1, 0.15) is 34.1 Å². The Morgan fingerprint density at radius 2 is 1.84 bits per heavy atom. The van der Waals surface area contributed by atoms with Crippen LogP contribution in [-0.4, -0.2) is 36.2 Å². The first kappa shape index (κ1) is 23.1. The SMILES string of the molecule is CC1Oc2ccccc2N(CCC(=O)Nc2cc(F)ccc2NC(=O)OC(C)(C)C)C1=O. The fraction of sp³-hybridized carbons (Fsp3) is 0.348. The molecule has 9 heteroatoms. The van der Waals surface area contributed by atoms with E-state index in [2.05, 4.69) is 10.6 Å². The lowest BCUT2D eigenvalue weighted by molar-refractivity contribution is -0.125. The summed E-state index contributed by atoms with van der Waals surface area (Å²) in [4.78, 5) is 38.7. The van der Waals surface area contributed by atoms with Crippen LogP contribution in [-0.2, 0) is 14.3 Å². The van der Waals surface area contributed by atoms with Gasteiger partial charge in [-0.05, 0) is 58.0 Å². The van der Waals surface area contributed by atoms with Gasteiger partial charge < -0.3 is 19.7 Å². The summed E-state index contributed by atoms with van der Waals surface area (Å²) in [6, 6.07) is 10.7. The molecule has 1 unspecified atom stereocenters. The molecular formula is C23H26FN3O5. The van der Waals surface area contributed by atoms with Crippen LogP contribution in [0.25, 0.3) is 0 Å². The van der Waals surface area contributed by atoms with E-state index in [-0.39, 0.29) is 30.2 Å². The lowest BCUT2D eigenvalue weighted by Crippen LogP contribution is -2.45. The monoisotopic (exact) mass is 443 g/mol. The van der Waals surface area contributed by atoms with Gasteiger partial charge in [0.2, 0.25) is 5.91 Å². The van der Waals surface area contributed by atoms with Gasteiger partial charge in [0.25, 0.3) is 5.91 Å². The zero-order valence-corrected chi connectivity index (χ0v) is 18.4. The van der Waals surface area contributed by atoms with Crippen LogP contribution in [0, 0.1) is 5.82 Å². The Kier molecular flexibility index (Phi) is 6.67. The van der Waals surface area contributed by atoms with Crippen LogP contribution in [0.5, 0.6) is 5.75 Å². The highest BCUT2D eigenvalue weighted by Crippen LogP contribution is 2.33. The fourth-order valence-electron chi connectivity index (χ4n) is 3.16. The van der Waals surface area contributed by atoms with E-state index in [1.807, 2.05) is 0 Å². The van der Waals surface area contributed by atoms with Crippen molar-refractivity contribution in [1.29, 1.82) is 0 Å². The average Bonchev–Trinajstić information content (AvgIpc) is 2.69. The molecular weight excluding hydrogens is 417 g/mol. The molecule has 2 aromatic rings.